The Kier molecular flexibility index (Phi) is 5.79. The summed E-state index contributed by atoms with van der Waals surface area (Å²) in [6, 6.07) is 8.38. The second-order valence-electron chi connectivity index (χ2n) is 10.9. The fourth-order valence-corrected chi connectivity index (χ4v) is 5.88. The van der Waals surface area contributed by atoms with Crippen molar-refractivity contribution in [2.75, 3.05) is 17.2 Å². The van der Waals surface area contributed by atoms with Crippen molar-refractivity contribution in [1.29, 1.82) is 0 Å². The molecular weight excluding hydrogens is 518 g/mol. The van der Waals surface area contributed by atoms with Gasteiger partial charge in [-0.05, 0) is 55.2 Å². The van der Waals surface area contributed by atoms with Gasteiger partial charge in [-0.3, -0.25) is 24.3 Å². The molecule has 0 fully saturated rings. The van der Waals surface area contributed by atoms with Crippen LogP contribution in [0.25, 0.3) is 0 Å². The molecule has 3 amide bonds. The van der Waals surface area contributed by atoms with Gasteiger partial charge in [0.2, 0.25) is 11.8 Å². The fraction of sp³-hybridized carbons (Fsp3) is 0.310. The van der Waals surface area contributed by atoms with Crippen molar-refractivity contribution in [3.05, 3.63) is 82.7 Å². The lowest BCUT2D eigenvalue weighted by atomic mass is 9.79. The van der Waals surface area contributed by atoms with Gasteiger partial charge in [0.25, 0.3) is 5.91 Å². The van der Waals surface area contributed by atoms with E-state index < -0.39 is 41.1 Å². The number of hydrogen-bond donors (Lipinski definition) is 2. The number of carbonyl (C=O) groups is 3. The standard InChI is InChI=1S/C29H26F2N6O3/c1-15(2)24-26(39)37(28(3,36-24)18-8-19(30)10-20(31)9-18)14-23(38)34-22-7-16-11-29(12-17(16)13-33-22)21-5-4-6-32-25(21)35-27(29)40/h4-10,13,15H,11-12,14H2,1-3H3,(H,32,35,40)(H,33,34,38). The number of aromatic nitrogens is 2. The van der Waals surface area contributed by atoms with E-state index in [1.165, 1.54) is 4.90 Å². The molecule has 9 nitrogen and oxygen atoms in total. The summed E-state index contributed by atoms with van der Waals surface area (Å²) in [6.07, 6.45) is 4.17. The lowest BCUT2D eigenvalue weighted by molar-refractivity contribution is -0.133. The molecule has 2 aliphatic heterocycles. The fourth-order valence-electron chi connectivity index (χ4n) is 5.88. The Morgan fingerprint density at radius 2 is 1.82 bits per heavy atom. The maximum atomic E-state index is 14.1. The van der Waals surface area contributed by atoms with Gasteiger partial charge in [-0.25, -0.2) is 18.7 Å². The average Bonchev–Trinajstić information content (AvgIpc) is 3.50. The van der Waals surface area contributed by atoms with Gasteiger partial charge >= 0.3 is 0 Å². The summed E-state index contributed by atoms with van der Waals surface area (Å²) >= 11 is 0. The monoisotopic (exact) mass is 544 g/mol. The van der Waals surface area contributed by atoms with Gasteiger partial charge < -0.3 is 10.6 Å². The minimum Gasteiger partial charge on any atom is -0.310 e. The molecule has 6 rings (SSSR count). The van der Waals surface area contributed by atoms with E-state index in [1.807, 2.05) is 6.07 Å². The molecule has 11 heteroatoms. The third kappa shape index (κ3) is 3.95. The van der Waals surface area contributed by atoms with Gasteiger partial charge in [0.15, 0.2) is 5.66 Å². The number of nitrogens with one attached hydrogen (secondary N) is 2. The Bertz CT molecular complexity index is 1620. The normalized spacial score (nSPS) is 22.9. The molecule has 0 radical (unpaired) electrons. The Morgan fingerprint density at radius 3 is 2.55 bits per heavy atom. The van der Waals surface area contributed by atoms with E-state index in [0.717, 1.165) is 34.9 Å². The Balaban J connectivity index is 1.24. The number of aliphatic imine (C=N–C) groups is 1. The molecule has 3 aliphatic rings. The highest BCUT2D eigenvalue weighted by atomic mass is 19.1. The van der Waals surface area contributed by atoms with E-state index in [2.05, 4.69) is 25.6 Å². The van der Waals surface area contributed by atoms with Crippen LogP contribution in [0.4, 0.5) is 20.4 Å². The highest BCUT2D eigenvalue weighted by Crippen LogP contribution is 2.46. The lowest BCUT2D eigenvalue weighted by Gasteiger charge is -2.33. The quantitative estimate of drug-likeness (QED) is 0.510. The zero-order valence-electron chi connectivity index (χ0n) is 22.1. The van der Waals surface area contributed by atoms with Crippen LogP contribution in [0.3, 0.4) is 0 Å². The predicted molar refractivity (Wildman–Crippen MR) is 143 cm³/mol. The molecule has 4 heterocycles. The van der Waals surface area contributed by atoms with Crippen molar-refractivity contribution in [3.63, 3.8) is 0 Å². The minimum atomic E-state index is -1.48. The summed E-state index contributed by atoms with van der Waals surface area (Å²) in [5.74, 6) is -2.22. The second-order valence-corrected chi connectivity index (χ2v) is 10.9. The molecule has 2 N–H and O–H groups in total. The first kappa shape index (κ1) is 25.7. The number of nitrogens with zero attached hydrogens (tertiary/aromatic N) is 4. The molecule has 2 unspecified atom stereocenters. The molecule has 40 heavy (non-hydrogen) atoms. The molecule has 3 aromatic rings. The van der Waals surface area contributed by atoms with Crippen LogP contribution < -0.4 is 10.6 Å². The van der Waals surface area contributed by atoms with Gasteiger partial charge in [0.1, 0.15) is 35.5 Å². The maximum Gasteiger partial charge on any atom is 0.270 e. The van der Waals surface area contributed by atoms with Crippen LogP contribution in [-0.2, 0) is 38.3 Å². The van der Waals surface area contributed by atoms with E-state index in [9.17, 15) is 23.2 Å². The van der Waals surface area contributed by atoms with Crippen molar-refractivity contribution in [2.45, 2.75) is 44.7 Å². The summed E-state index contributed by atoms with van der Waals surface area (Å²) in [5.41, 5.74) is 0.688. The van der Waals surface area contributed by atoms with Crippen LogP contribution in [0.5, 0.6) is 0 Å². The number of halogens is 2. The zero-order valence-corrected chi connectivity index (χ0v) is 22.1. The smallest absolute Gasteiger partial charge is 0.270 e. The van der Waals surface area contributed by atoms with Crippen LogP contribution in [0, 0.1) is 17.6 Å². The average molecular weight is 545 g/mol. The number of carbonyl (C=O) groups excluding carboxylic acids is 3. The number of benzene rings is 1. The predicted octanol–water partition coefficient (Wildman–Crippen LogP) is 3.49. The first-order valence-electron chi connectivity index (χ1n) is 12.9. The van der Waals surface area contributed by atoms with E-state index in [1.54, 1.807) is 45.3 Å². The van der Waals surface area contributed by atoms with Crippen molar-refractivity contribution in [1.82, 2.24) is 14.9 Å². The van der Waals surface area contributed by atoms with Crippen molar-refractivity contribution in [3.8, 4) is 0 Å². The van der Waals surface area contributed by atoms with Gasteiger partial charge in [-0.1, -0.05) is 19.9 Å². The molecule has 2 atom stereocenters. The number of anilines is 2. The lowest BCUT2D eigenvalue weighted by Crippen LogP contribution is -2.47. The Morgan fingerprint density at radius 1 is 1.10 bits per heavy atom. The van der Waals surface area contributed by atoms with Crippen molar-refractivity contribution < 1.29 is 23.2 Å². The van der Waals surface area contributed by atoms with Gasteiger partial charge in [-0.2, -0.15) is 0 Å². The number of pyridine rings is 2. The number of fused-ring (bicyclic) bond motifs is 3. The topological polar surface area (TPSA) is 117 Å². The summed E-state index contributed by atoms with van der Waals surface area (Å²) < 4.78 is 28.2. The van der Waals surface area contributed by atoms with E-state index in [0.29, 0.717) is 18.7 Å². The van der Waals surface area contributed by atoms with Crippen molar-refractivity contribution >= 4 is 35.1 Å². The molecule has 0 saturated heterocycles. The van der Waals surface area contributed by atoms with Crippen LogP contribution in [0.15, 0.2) is 53.8 Å². The zero-order chi connectivity index (χ0) is 28.4. The second kappa shape index (κ2) is 9.00. The van der Waals surface area contributed by atoms with Crippen LogP contribution in [0.1, 0.15) is 43.0 Å². The first-order valence-corrected chi connectivity index (χ1v) is 12.9. The van der Waals surface area contributed by atoms with Crippen LogP contribution in [-0.4, -0.2) is 44.8 Å². The van der Waals surface area contributed by atoms with Gasteiger partial charge in [-0.15, -0.1) is 0 Å². The number of rotatable bonds is 5. The van der Waals surface area contributed by atoms with E-state index >= 15 is 0 Å². The largest absolute Gasteiger partial charge is 0.310 e. The summed E-state index contributed by atoms with van der Waals surface area (Å²) in [7, 11) is 0. The van der Waals surface area contributed by atoms with E-state index in [4.69, 9.17) is 0 Å². The molecule has 1 spiro atoms. The molecule has 1 aromatic carbocycles. The summed E-state index contributed by atoms with van der Waals surface area (Å²) in [6.45, 7) is 4.70. The highest BCUT2D eigenvalue weighted by molar-refractivity contribution is 6.41. The molecule has 2 aromatic heterocycles. The van der Waals surface area contributed by atoms with Gasteiger partial charge in [0, 0.05) is 35.5 Å². The SMILES string of the molecule is CC(C)C1=NC(C)(c2cc(F)cc(F)c2)N(CC(=O)Nc2cc3c(cn2)CC2(C3)C(=O)Nc3ncccc32)C1=O. The highest BCUT2D eigenvalue weighted by Gasteiger charge is 2.51. The molecule has 204 valence electrons. The van der Waals surface area contributed by atoms with Gasteiger partial charge in [0.05, 0.1) is 5.41 Å². The first-order chi connectivity index (χ1) is 19.0. The van der Waals surface area contributed by atoms with E-state index in [-0.39, 0.29) is 28.9 Å². The summed E-state index contributed by atoms with van der Waals surface area (Å²) in [5, 5.41) is 5.59. The van der Waals surface area contributed by atoms with Crippen LogP contribution >= 0.6 is 0 Å². The third-order valence-corrected chi connectivity index (χ3v) is 7.91. The molecular formula is C29H26F2N6O3. The Labute approximate surface area is 228 Å². The summed E-state index contributed by atoms with van der Waals surface area (Å²) in [4.78, 5) is 53.8. The maximum absolute atomic E-state index is 14.1. The Hall–Kier alpha value is -4.54. The number of hydrogen-bond acceptors (Lipinski definition) is 6. The van der Waals surface area contributed by atoms with Crippen molar-refractivity contribution in [2.24, 2.45) is 10.9 Å². The molecule has 1 aliphatic carbocycles. The minimum absolute atomic E-state index is 0.118. The van der Waals surface area contributed by atoms with Crippen LogP contribution in [0.2, 0.25) is 0 Å². The number of amides is 3. The molecule has 0 bridgehead atoms. The third-order valence-electron chi connectivity index (χ3n) is 7.91. The molecule has 0 saturated carbocycles.